The van der Waals surface area contributed by atoms with Crippen LogP contribution in [-0.4, -0.2) is 44.1 Å². The van der Waals surface area contributed by atoms with E-state index in [2.05, 4.69) is 10.4 Å². The number of halogens is 1. The molecule has 2 aromatic carbocycles. The van der Waals surface area contributed by atoms with Gasteiger partial charge in [0.2, 0.25) is 0 Å². The van der Waals surface area contributed by atoms with Gasteiger partial charge in [-0.3, -0.25) is 4.79 Å². The number of carbonyl (C=O) groups excluding carboxylic acids is 2. The van der Waals surface area contributed by atoms with E-state index >= 15 is 0 Å². The largest absolute Gasteiger partial charge is 1.00 e. The number of nitrogens with one attached hydrogen (secondary N) is 1. The van der Waals surface area contributed by atoms with Crippen LogP contribution in [0.25, 0.3) is 5.69 Å². The fraction of sp³-hybridized carbons (Fsp3) is 0.393. The van der Waals surface area contributed by atoms with Crippen LogP contribution in [0.15, 0.2) is 48.5 Å². The number of aliphatic hydroxyl groups is 2. The number of carboxylic acid groups (broad SMARTS) is 1. The molecular formula is C28H33FN3NaO5. The van der Waals surface area contributed by atoms with Crippen LogP contribution >= 0.6 is 0 Å². The van der Waals surface area contributed by atoms with Gasteiger partial charge >= 0.3 is 29.6 Å². The van der Waals surface area contributed by atoms with E-state index < -0.39 is 30.4 Å². The third-order valence-electron chi connectivity index (χ3n) is 6.25. The first-order chi connectivity index (χ1) is 17.6. The number of rotatable bonds is 12. The number of aryl methyl sites for hydroxylation is 1. The first-order valence-corrected chi connectivity index (χ1v) is 12.3. The van der Waals surface area contributed by atoms with E-state index in [0.29, 0.717) is 29.9 Å². The minimum absolute atomic E-state index is 0. The quantitative estimate of drug-likeness (QED) is 0.271. The summed E-state index contributed by atoms with van der Waals surface area (Å²) in [6.07, 6.45) is -2.41. The van der Waals surface area contributed by atoms with E-state index in [0.717, 1.165) is 11.1 Å². The third-order valence-corrected chi connectivity index (χ3v) is 6.25. The zero-order valence-electron chi connectivity index (χ0n) is 22.3. The van der Waals surface area contributed by atoms with Gasteiger partial charge < -0.3 is 25.4 Å². The molecule has 1 heterocycles. The topological polar surface area (TPSA) is 128 Å². The minimum Gasteiger partial charge on any atom is -0.550 e. The van der Waals surface area contributed by atoms with Gasteiger partial charge in [-0.1, -0.05) is 38.1 Å². The number of aliphatic hydroxyl groups excluding tert-OH is 2. The number of aliphatic carboxylic acids is 1. The van der Waals surface area contributed by atoms with Crippen molar-refractivity contribution in [3.63, 3.8) is 0 Å². The number of benzene rings is 2. The molecule has 0 fully saturated rings. The van der Waals surface area contributed by atoms with Gasteiger partial charge in [-0.2, -0.15) is 5.10 Å². The van der Waals surface area contributed by atoms with E-state index in [1.165, 1.54) is 12.1 Å². The smallest absolute Gasteiger partial charge is 0.550 e. The first-order valence-electron chi connectivity index (χ1n) is 12.3. The minimum atomic E-state index is -1.39. The Morgan fingerprint density at radius 3 is 2.34 bits per heavy atom. The Hall–Kier alpha value is -2.56. The molecule has 2 atom stereocenters. The predicted octanol–water partition coefficient (Wildman–Crippen LogP) is -0.438. The number of hydrogen-bond donors (Lipinski definition) is 3. The van der Waals surface area contributed by atoms with Crippen LogP contribution in [0.3, 0.4) is 0 Å². The Morgan fingerprint density at radius 2 is 1.74 bits per heavy atom. The molecule has 0 unspecified atom stereocenters. The second kappa shape index (κ2) is 14.6. The van der Waals surface area contributed by atoms with Crippen LogP contribution < -0.4 is 40.0 Å². The van der Waals surface area contributed by atoms with Gasteiger partial charge in [0, 0.05) is 30.2 Å². The summed E-state index contributed by atoms with van der Waals surface area (Å²) in [6, 6.07) is 13.5. The summed E-state index contributed by atoms with van der Waals surface area (Å²) in [5, 5.41) is 38.6. The summed E-state index contributed by atoms with van der Waals surface area (Å²) >= 11 is 0. The van der Waals surface area contributed by atoms with E-state index in [1.807, 2.05) is 45.0 Å². The number of aromatic nitrogens is 2. The molecule has 1 amide bonds. The van der Waals surface area contributed by atoms with Gasteiger partial charge in [-0.25, -0.2) is 9.07 Å². The summed E-state index contributed by atoms with van der Waals surface area (Å²) in [7, 11) is 0. The zero-order valence-corrected chi connectivity index (χ0v) is 24.3. The normalized spacial score (nSPS) is 12.6. The maximum Gasteiger partial charge on any atom is 1.00 e. The van der Waals surface area contributed by atoms with E-state index in [-0.39, 0.29) is 59.9 Å². The summed E-state index contributed by atoms with van der Waals surface area (Å²) in [4.78, 5) is 24.0. The van der Waals surface area contributed by atoms with Crippen LogP contribution in [-0.2, 0) is 17.8 Å². The fourth-order valence-electron chi connectivity index (χ4n) is 4.35. The van der Waals surface area contributed by atoms with E-state index in [1.54, 1.807) is 16.8 Å². The average Bonchev–Trinajstić information content (AvgIpc) is 3.22. The van der Waals surface area contributed by atoms with Crippen molar-refractivity contribution in [1.29, 1.82) is 0 Å². The van der Waals surface area contributed by atoms with Crippen LogP contribution in [0.4, 0.5) is 4.39 Å². The van der Waals surface area contributed by atoms with Gasteiger partial charge in [-0.15, -0.1) is 0 Å². The van der Waals surface area contributed by atoms with E-state index in [4.69, 9.17) is 0 Å². The zero-order chi connectivity index (χ0) is 27.1. The number of carboxylic acids is 1. The van der Waals surface area contributed by atoms with Crippen LogP contribution in [0.1, 0.15) is 71.9 Å². The van der Waals surface area contributed by atoms with Crippen molar-refractivity contribution in [2.75, 3.05) is 0 Å². The van der Waals surface area contributed by atoms with Crippen LogP contribution in [0, 0.1) is 12.7 Å². The third kappa shape index (κ3) is 8.47. The number of nitrogens with zero attached hydrogens (tertiary/aromatic N) is 2. The molecule has 198 valence electrons. The molecule has 10 heteroatoms. The first kappa shape index (κ1) is 31.7. The van der Waals surface area contributed by atoms with Gasteiger partial charge in [0.15, 0.2) is 5.69 Å². The van der Waals surface area contributed by atoms with Crippen molar-refractivity contribution in [3.8, 4) is 5.69 Å². The second-order valence-electron chi connectivity index (χ2n) is 9.52. The molecule has 8 nitrogen and oxygen atoms in total. The van der Waals surface area contributed by atoms with E-state index in [9.17, 15) is 29.3 Å². The number of carbonyl (C=O) groups is 2. The molecule has 0 spiro atoms. The van der Waals surface area contributed by atoms with Crippen molar-refractivity contribution < 1.29 is 58.9 Å². The van der Waals surface area contributed by atoms with Crippen molar-refractivity contribution in [1.82, 2.24) is 15.1 Å². The standard InChI is InChI=1S/C28H34FN3O5.Na/c1-17(2)26-24(13-12-22(33)14-23(34)15-25(35)36)32(21-10-8-20(29)9-11-21)31-27(26)28(37)30-16-19-7-5-4-6-18(19)3;/h4-11,17,22-23,33-34H,12-16H2,1-3H3,(H,30,37)(H,35,36);/q;+1/p-1/t22-,23-;/m1./s1. The molecule has 0 aliphatic heterocycles. The molecule has 0 bridgehead atoms. The fourth-order valence-corrected chi connectivity index (χ4v) is 4.35. The Bertz CT molecular complexity index is 1230. The Balaban J connectivity index is 0.00000507. The molecule has 3 N–H and O–H groups in total. The van der Waals surface area contributed by atoms with Gasteiger partial charge in [-0.05, 0) is 67.5 Å². The molecule has 3 aromatic rings. The molecule has 0 saturated heterocycles. The van der Waals surface area contributed by atoms with Crippen molar-refractivity contribution in [2.45, 2.75) is 71.1 Å². The molecule has 0 aliphatic rings. The molecule has 3 rings (SSSR count). The van der Waals surface area contributed by atoms with Gasteiger partial charge in [0.25, 0.3) is 5.91 Å². The van der Waals surface area contributed by atoms with Gasteiger partial charge in [0.1, 0.15) is 5.82 Å². The molecule has 0 saturated carbocycles. The summed E-state index contributed by atoms with van der Waals surface area (Å²) in [5.74, 6) is -2.24. The number of hydrogen-bond acceptors (Lipinski definition) is 6. The molecule has 0 aliphatic carbocycles. The summed E-state index contributed by atoms with van der Waals surface area (Å²) in [6.45, 7) is 6.18. The van der Waals surface area contributed by atoms with Crippen molar-refractivity contribution >= 4 is 11.9 Å². The Labute approximate surface area is 244 Å². The summed E-state index contributed by atoms with van der Waals surface area (Å²) < 4.78 is 15.2. The van der Waals surface area contributed by atoms with Crippen molar-refractivity contribution in [3.05, 3.63) is 82.4 Å². The maximum atomic E-state index is 13.6. The van der Waals surface area contributed by atoms with Crippen molar-refractivity contribution in [2.24, 2.45) is 0 Å². The SMILES string of the molecule is Cc1ccccc1CNC(=O)c1nn(-c2ccc(F)cc2)c(CC[C@@H](O)C[C@@H](O)CC(=O)[O-])c1C(C)C.[Na+]. The molecule has 0 radical (unpaired) electrons. The van der Waals surface area contributed by atoms with Crippen LogP contribution in [0.2, 0.25) is 0 Å². The molecule has 1 aromatic heterocycles. The molecular weight excluding hydrogens is 500 g/mol. The maximum absolute atomic E-state index is 13.6. The average molecular weight is 534 g/mol. The monoisotopic (exact) mass is 533 g/mol. The summed E-state index contributed by atoms with van der Waals surface area (Å²) in [5.41, 5.74) is 4.22. The molecule has 38 heavy (non-hydrogen) atoms. The Kier molecular flexibility index (Phi) is 12.1. The van der Waals surface area contributed by atoms with Gasteiger partial charge in [0.05, 0.1) is 17.9 Å². The predicted molar refractivity (Wildman–Crippen MR) is 135 cm³/mol. The number of amides is 1. The van der Waals surface area contributed by atoms with Crippen LogP contribution in [0.5, 0.6) is 0 Å². The Morgan fingerprint density at radius 1 is 1.08 bits per heavy atom. The second-order valence-corrected chi connectivity index (χ2v) is 9.52.